The first-order valence-electron chi connectivity index (χ1n) is 6.95. The summed E-state index contributed by atoms with van der Waals surface area (Å²) in [4.78, 5) is 3.45. The van der Waals surface area contributed by atoms with Crippen molar-refractivity contribution in [3.63, 3.8) is 0 Å². The van der Waals surface area contributed by atoms with Crippen LogP contribution in [0.2, 0.25) is 0 Å². The summed E-state index contributed by atoms with van der Waals surface area (Å²) in [5.41, 5.74) is 2.19. The third-order valence-electron chi connectivity index (χ3n) is 3.53. The molecule has 0 radical (unpaired) electrons. The molecule has 3 rings (SSSR count). The van der Waals surface area contributed by atoms with E-state index in [1.165, 1.54) is 5.56 Å². The van der Waals surface area contributed by atoms with Crippen LogP contribution in [0.1, 0.15) is 18.1 Å². The largest absolute Gasteiger partial charge is 0.490 e. The number of anilines is 1. The molecule has 2 heterocycles. The van der Waals surface area contributed by atoms with Gasteiger partial charge in [-0.2, -0.15) is 0 Å². The van der Waals surface area contributed by atoms with Crippen molar-refractivity contribution >= 4 is 5.69 Å². The lowest BCUT2D eigenvalue weighted by molar-refractivity contribution is 0.254. The minimum absolute atomic E-state index is 0.122. The van der Waals surface area contributed by atoms with Gasteiger partial charge in [-0.15, -0.1) is 0 Å². The van der Waals surface area contributed by atoms with Crippen LogP contribution in [0.25, 0.3) is 0 Å². The number of aromatic nitrogens is 1. The molecule has 0 bridgehead atoms. The van der Waals surface area contributed by atoms with E-state index < -0.39 is 11.6 Å². The van der Waals surface area contributed by atoms with Crippen molar-refractivity contribution < 1.29 is 13.5 Å². The van der Waals surface area contributed by atoms with E-state index in [1.54, 1.807) is 0 Å². The van der Waals surface area contributed by atoms with E-state index in [-0.39, 0.29) is 11.8 Å². The summed E-state index contributed by atoms with van der Waals surface area (Å²) in [5.74, 6) is -0.414. The second kappa shape index (κ2) is 5.68. The Balaban J connectivity index is 1.63. The number of rotatable bonds is 4. The van der Waals surface area contributed by atoms with Gasteiger partial charge in [0, 0.05) is 13.0 Å². The van der Waals surface area contributed by atoms with E-state index in [2.05, 4.69) is 16.4 Å². The molecule has 3 nitrogen and oxygen atoms in total. The van der Waals surface area contributed by atoms with Crippen molar-refractivity contribution in [2.24, 2.45) is 0 Å². The second-order valence-electron chi connectivity index (χ2n) is 5.23. The fourth-order valence-corrected chi connectivity index (χ4v) is 2.54. The molecule has 0 aliphatic carbocycles. The number of hydrogen-bond donors (Lipinski definition) is 1. The van der Waals surface area contributed by atoms with Crippen LogP contribution in [0.4, 0.5) is 14.5 Å². The Morgan fingerprint density at radius 1 is 1.29 bits per heavy atom. The van der Waals surface area contributed by atoms with Crippen LogP contribution in [-0.4, -0.2) is 17.6 Å². The molecule has 1 aliphatic rings. The molecule has 5 heteroatoms. The number of pyridine rings is 1. The fraction of sp³-hybridized carbons (Fsp3) is 0.312. The molecular weight excluding hydrogens is 274 g/mol. The Labute approximate surface area is 122 Å². The number of nitrogens with zero attached hydrogens (tertiary/aromatic N) is 1. The molecule has 2 aromatic rings. The average molecular weight is 290 g/mol. The number of fused-ring (bicyclic) bond motifs is 1. The number of ether oxygens (including phenoxy) is 1. The molecule has 1 aromatic carbocycles. The topological polar surface area (TPSA) is 34.2 Å². The number of nitrogens with one attached hydrogen (secondary N) is 1. The second-order valence-corrected chi connectivity index (χ2v) is 5.23. The predicted molar refractivity (Wildman–Crippen MR) is 76.6 cm³/mol. The molecule has 1 aliphatic heterocycles. The first-order chi connectivity index (χ1) is 10.1. The fourth-order valence-electron chi connectivity index (χ4n) is 2.54. The summed E-state index contributed by atoms with van der Waals surface area (Å²) >= 11 is 0. The Hall–Kier alpha value is -2.17. The van der Waals surface area contributed by atoms with Gasteiger partial charge in [-0.3, -0.25) is 4.98 Å². The predicted octanol–water partition coefficient (Wildman–Crippen LogP) is 3.34. The van der Waals surface area contributed by atoms with E-state index in [9.17, 15) is 8.78 Å². The van der Waals surface area contributed by atoms with E-state index in [4.69, 9.17) is 4.74 Å². The summed E-state index contributed by atoms with van der Waals surface area (Å²) in [7, 11) is 0. The molecule has 0 spiro atoms. The van der Waals surface area contributed by atoms with Crippen LogP contribution in [0.3, 0.4) is 0 Å². The van der Waals surface area contributed by atoms with Gasteiger partial charge in [0.15, 0.2) is 11.6 Å². The van der Waals surface area contributed by atoms with E-state index >= 15 is 0 Å². The van der Waals surface area contributed by atoms with Crippen LogP contribution >= 0.6 is 0 Å². The molecule has 21 heavy (non-hydrogen) atoms. The standard InChI is InChI=1S/C16H16F2N2O/c1-10-6-12-7-11(2-3-15(12)21-10)4-5-20-16-13(17)8-19-9-14(16)18/h2-3,7-10H,4-6H2,1H3,(H,19,20). The lowest BCUT2D eigenvalue weighted by Gasteiger charge is -2.09. The lowest BCUT2D eigenvalue weighted by Crippen LogP contribution is -2.08. The zero-order valence-electron chi connectivity index (χ0n) is 11.7. The summed E-state index contributed by atoms with van der Waals surface area (Å²) in [6.45, 7) is 2.49. The van der Waals surface area contributed by atoms with Gasteiger partial charge >= 0.3 is 0 Å². The molecular formula is C16H16F2N2O. The van der Waals surface area contributed by atoms with Gasteiger partial charge in [0.05, 0.1) is 12.4 Å². The Bertz CT molecular complexity index is 640. The summed E-state index contributed by atoms with van der Waals surface area (Å²) < 4.78 is 32.5. The number of benzene rings is 1. The summed E-state index contributed by atoms with van der Waals surface area (Å²) in [6.07, 6.45) is 3.81. The zero-order chi connectivity index (χ0) is 14.8. The van der Waals surface area contributed by atoms with Gasteiger partial charge in [-0.05, 0) is 30.5 Å². The van der Waals surface area contributed by atoms with Gasteiger partial charge in [-0.25, -0.2) is 8.78 Å². The van der Waals surface area contributed by atoms with Crippen molar-refractivity contribution in [2.45, 2.75) is 25.9 Å². The molecule has 0 saturated carbocycles. The van der Waals surface area contributed by atoms with Gasteiger partial charge in [0.2, 0.25) is 0 Å². The van der Waals surface area contributed by atoms with E-state index in [1.807, 2.05) is 19.1 Å². The SMILES string of the molecule is CC1Cc2cc(CCNc3c(F)cncc3F)ccc2O1. The molecule has 110 valence electrons. The lowest BCUT2D eigenvalue weighted by atomic mass is 10.0. The normalized spacial score (nSPS) is 16.4. The smallest absolute Gasteiger partial charge is 0.167 e. The van der Waals surface area contributed by atoms with Crippen LogP contribution in [-0.2, 0) is 12.8 Å². The highest BCUT2D eigenvalue weighted by atomic mass is 19.1. The first kappa shape index (κ1) is 13.8. The van der Waals surface area contributed by atoms with Gasteiger partial charge < -0.3 is 10.1 Å². The zero-order valence-corrected chi connectivity index (χ0v) is 11.7. The van der Waals surface area contributed by atoms with E-state index in [0.29, 0.717) is 13.0 Å². The molecule has 1 aromatic heterocycles. The molecule has 0 amide bonds. The Kier molecular flexibility index (Phi) is 3.73. The van der Waals surface area contributed by atoms with Crippen molar-refractivity contribution in [3.05, 3.63) is 53.4 Å². The Morgan fingerprint density at radius 2 is 2.05 bits per heavy atom. The minimum atomic E-state index is -0.675. The molecule has 0 fully saturated rings. The maximum atomic E-state index is 13.4. The van der Waals surface area contributed by atoms with Gasteiger partial charge in [0.25, 0.3) is 0 Å². The highest BCUT2D eigenvalue weighted by Crippen LogP contribution is 2.29. The number of hydrogen-bond acceptors (Lipinski definition) is 3. The third-order valence-corrected chi connectivity index (χ3v) is 3.53. The maximum Gasteiger partial charge on any atom is 0.167 e. The van der Waals surface area contributed by atoms with Gasteiger partial charge in [-0.1, -0.05) is 12.1 Å². The molecule has 0 saturated heterocycles. The minimum Gasteiger partial charge on any atom is -0.490 e. The first-order valence-corrected chi connectivity index (χ1v) is 6.95. The number of halogens is 2. The van der Waals surface area contributed by atoms with Crippen molar-refractivity contribution in [3.8, 4) is 5.75 Å². The Morgan fingerprint density at radius 3 is 2.81 bits per heavy atom. The average Bonchev–Trinajstić information content (AvgIpc) is 2.81. The molecule has 1 N–H and O–H groups in total. The van der Waals surface area contributed by atoms with Crippen LogP contribution in [0, 0.1) is 11.6 Å². The molecule has 1 unspecified atom stereocenters. The van der Waals surface area contributed by atoms with Crippen LogP contribution in [0.5, 0.6) is 5.75 Å². The third kappa shape index (κ3) is 2.96. The summed E-state index contributed by atoms with van der Waals surface area (Å²) in [5, 5.41) is 2.78. The maximum absolute atomic E-state index is 13.4. The van der Waals surface area contributed by atoms with Crippen molar-refractivity contribution in [2.75, 3.05) is 11.9 Å². The van der Waals surface area contributed by atoms with Crippen molar-refractivity contribution in [1.82, 2.24) is 4.98 Å². The quantitative estimate of drug-likeness (QED) is 0.937. The highest BCUT2D eigenvalue weighted by Gasteiger charge is 2.18. The highest BCUT2D eigenvalue weighted by molar-refractivity contribution is 5.45. The van der Waals surface area contributed by atoms with Crippen molar-refractivity contribution in [1.29, 1.82) is 0 Å². The summed E-state index contributed by atoms with van der Waals surface area (Å²) in [6, 6.07) is 6.04. The monoisotopic (exact) mass is 290 g/mol. The van der Waals surface area contributed by atoms with E-state index in [0.717, 1.165) is 30.1 Å². The van der Waals surface area contributed by atoms with Crippen LogP contribution < -0.4 is 10.1 Å². The van der Waals surface area contributed by atoms with Crippen LogP contribution in [0.15, 0.2) is 30.6 Å². The van der Waals surface area contributed by atoms with Gasteiger partial charge in [0.1, 0.15) is 17.5 Å². The molecule has 1 atom stereocenters.